The fourth-order valence-corrected chi connectivity index (χ4v) is 5.43. The number of methoxy groups -OCH3 is 1. The Hall–Kier alpha value is -3.84. The number of aliphatic hydroxyl groups excluding tert-OH is 1. The highest BCUT2D eigenvalue weighted by Crippen LogP contribution is 2.33. The summed E-state index contributed by atoms with van der Waals surface area (Å²) in [6.45, 7) is 6.34. The van der Waals surface area contributed by atoms with Crippen molar-refractivity contribution in [1.29, 1.82) is 0 Å². The van der Waals surface area contributed by atoms with Gasteiger partial charge in [-0.05, 0) is 45.9 Å². The van der Waals surface area contributed by atoms with E-state index in [-0.39, 0.29) is 28.1 Å². The van der Waals surface area contributed by atoms with Crippen LogP contribution in [0.5, 0.6) is 5.75 Å². The lowest BCUT2D eigenvalue weighted by atomic mass is 10.0. The Bertz CT molecular complexity index is 1590. The monoisotopic (exact) mass is 530 g/mol. The summed E-state index contributed by atoms with van der Waals surface area (Å²) in [7, 11) is 1.38. The minimum atomic E-state index is -1.56. The van der Waals surface area contributed by atoms with Crippen LogP contribution in [0.2, 0.25) is 0 Å². The van der Waals surface area contributed by atoms with Crippen molar-refractivity contribution in [1.82, 2.24) is 29.4 Å². The van der Waals surface area contributed by atoms with Crippen LogP contribution in [0, 0.1) is 12.7 Å². The first-order valence-electron chi connectivity index (χ1n) is 11.5. The molecule has 0 unspecified atom stereocenters. The number of aromatic nitrogens is 5. The van der Waals surface area contributed by atoms with Gasteiger partial charge in [0.15, 0.2) is 0 Å². The van der Waals surface area contributed by atoms with Crippen molar-refractivity contribution < 1.29 is 19.0 Å². The van der Waals surface area contributed by atoms with Gasteiger partial charge in [0.1, 0.15) is 33.0 Å². The minimum Gasteiger partial charge on any atom is -0.496 e. The predicted molar refractivity (Wildman–Crippen MR) is 136 cm³/mol. The maximum Gasteiger partial charge on any atom is 0.333 e. The number of thiophene rings is 1. The molecule has 0 fully saturated rings. The molecule has 37 heavy (non-hydrogen) atoms. The lowest BCUT2D eigenvalue weighted by Crippen LogP contribution is -2.55. The van der Waals surface area contributed by atoms with Gasteiger partial charge in [-0.2, -0.15) is 10.2 Å². The van der Waals surface area contributed by atoms with Gasteiger partial charge in [-0.25, -0.2) is 13.8 Å². The van der Waals surface area contributed by atoms with Crippen LogP contribution in [0.25, 0.3) is 15.2 Å². The zero-order valence-corrected chi connectivity index (χ0v) is 21.8. The molecule has 13 heteroatoms. The van der Waals surface area contributed by atoms with E-state index in [0.29, 0.717) is 17.1 Å². The molecule has 3 aromatic heterocycles. The second kappa shape index (κ2) is 9.90. The summed E-state index contributed by atoms with van der Waals surface area (Å²) >= 11 is 1.10. The quantitative estimate of drug-likeness (QED) is 0.355. The Morgan fingerprint density at radius 3 is 2.57 bits per heavy atom. The molecule has 1 aromatic carbocycles. The van der Waals surface area contributed by atoms with Gasteiger partial charge >= 0.3 is 5.69 Å². The molecule has 196 valence electrons. The fourth-order valence-electron chi connectivity index (χ4n) is 4.22. The van der Waals surface area contributed by atoms with Crippen LogP contribution in [0.15, 0.2) is 40.2 Å². The molecule has 2 N–H and O–H groups in total. The summed E-state index contributed by atoms with van der Waals surface area (Å²) in [5, 5.41) is 22.7. The maximum absolute atomic E-state index is 14.0. The summed E-state index contributed by atoms with van der Waals surface area (Å²) in [6, 6.07) is 3.70. The molecule has 0 saturated carbocycles. The zero-order chi connectivity index (χ0) is 27.1. The van der Waals surface area contributed by atoms with Crippen LogP contribution >= 0.6 is 11.3 Å². The molecule has 1 amide bonds. The van der Waals surface area contributed by atoms with Crippen LogP contribution in [0.3, 0.4) is 0 Å². The summed E-state index contributed by atoms with van der Waals surface area (Å²) in [5.74, 6) is -0.874. The van der Waals surface area contributed by atoms with Gasteiger partial charge in [0.25, 0.3) is 5.56 Å². The molecule has 4 aromatic rings. The Labute approximate surface area is 214 Å². The number of halogens is 1. The normalized spacial score (nSPS) is 12.6. The Kier molecular flexibility index (Phi) is 7.02. The van der Waals surface area contributed by atoms with E-state index in [0.717, 1.165) is 22.0 Å². The highest BCUT2D eigenvalue weighted by atomic mass is 32.1. The SMILES string of the molecule is CCNC(=O)C(C)(C)n1c(=O)c2c(C)c(-n3nccn3)sc2n(C[C@@H](O)c2cc(F)ccc2OC)c1=O. The standard InChI is InChI=1S/C24H27FN6O5S/c1-6-26-22(34)24(3,4)30-19(33)18-13(2)20(31-27-9-10-28-31)37-21(18)29(23(30)35)12-16(32)15-11-14(25)7-8-17(15)36-5/h7-11,16,32H,6,12H2,1-5H3,(H,26,34)/t16-/m1/s1. The molecule has 0 aliphatic rings. The molecule has 0 aliphatic carbocycles. The van der Waals surface area contributed by atoms with Crippen molar-refractivity contribution in [3.05, 3.63) is 68.4 Å². The molecule has 0 aliphatic heterocycles. The van der Waals surface area contributed by atoms with Crippen LogP contribution < -0.4 is 21.3 Å². The number of ether oxygens (including phenoxy) is 1. The summed E-state index contributed by atoms with van der Waals surface area (Å²) in [6.07, 6.45) is 1.58. The number of nitrogens with zero attached hydrogens (tertiary/aromatic N) is 5. The number of aryl methyl sites for hydroxylation is 1. The lowest BCUT2D eigenvalue weighted by molar-refractivity contribution is -0.128. The minimum absolute atomic E-state index is 0.130. The molecular formula is C24H27FN6O5S. The van der Waals surface area contributed by atoms with Crippen molar-refractivity contribution in [2.24, 2.45) is 0 Å². The molecule has 0 spiro atoms. The molecule has 0 radical (unpaired) electrons. The Morgan fingerprint density at radius 2 is 1.95 bits per heavy atom. The molecule has 1 atom stereocenters. The number of nitrogens with one attached hydrogen (secondary N) is 1. The molecule has 0 saturated heterocycles. The Balaban J connectivity index is 2.02. The van der Waals surface area contributed by atoms with Crippen LogP contribution in [0.4, 0.5) is 4.39 Å². The highest BCUT2D eigenvalue weighted by molar-refractivity contribution is 7.21. The maximum atomic E-state index is 14.0. The van der Waals surface area contributed by atoms with E-state index in [9.17, 15) is 23.9 Å². The zero-order valence-electron chi connectivity index (χ0n) is 21.0. The van der Waals surface area contributed by atoms with Crippen molar-refractivity contribution in [2.45, 2.75) is 45.9 Å². The van der Waals surface area contributed by atoms with Gasteiger partial charge in [-0.1, -0.05) is 11.3 Å². The first kappa shape index (κ1) is 26.2. The largest absolute Gasteiger partial charge is 0.496 e. The first-order valence-corrected chi connectivity index (χ1v) is 12.3. The average molecular weight is 531 g/mol. The van der Waals surface area contributed by atoms with Gasteiger partial charge in [0, 0.05) is 17.7 Å². The van der Waals surface area contributed by atoms with Gasteiger partial charge in [0.05, 0.1) is 31.4 Å². The Morgan fingerprint density at radius 1 is 1.27 bits per heavy atom. The van der Waals surface area contributed by atoms with E-state index in [1.807, 2.05) is 0 Å². The third-order valence-corrected chi connectivity index (χ3v) is 7.43. The van der Waals surface area contributed by atoms with Gasteiger partial charge in [0.2, 0.25) is 5.91 Å². The first-order chi connectivity index (χ1) is 17.5. The van der Waals surface area contributed by atoms with E-state index in [1.165, 1.54) is 54.8 Å². The van der Waals surface area contributed by atoms with Crippen molar-refractivity contribution in [3.8, 4) is 10.8 Å². The summed E-state index contributed by atoms with van der Waals surface area (Å²) in [5.41, 5.74) is -2.37. The van der Waals surface area contributed by atoms with Crippen LogP contribution in [-0.4, -0.2) is 48.8 Å². The van der Waals surface area contributed by atoms with Crippen molar-refractivity contribution in [3.63, 3.8) is 0 Å². The van der Waals surface area contributed by atoms with Crippen molar-refractivity contribution >= 4 is 27.5 Å². The molecule has 0 bridgehead atoms. The highest BCUT2D eigenvalue weighted by Gasteiger charge is 2.35. The van der Waals surface area contributed by atoms with Crippen molar-refractivity contribution in [2.75, 3.05) is 13.7 Å². The number of hydrogen-bond donors (Lipinski definition) is 2. The average Bonchev–Trinajstić information content (AvgIpc) is 3.49. The predicted octanol–water partition coefficient (Wildman–Crippen LogP) is 1.87. The third kappa shape index (κ3) is 4.44. The lowest BCUT2D eigenvalue weighted by Gasteiger charge is -2.27. The smallest absolute Gasteiger partial charge is 0.333 e. The molecule has 3 heterocycles. The number of fused-ring (bicyclic) bond motifs is 1. The summed E-state index contributed by atoms with van der Waals surface area (Å²) < 4.78 is 21.4. The second-order valence-electron chi connectivity index (χ2n) is 8.89. The number of rotatable bonds is 8. The number of amides is 1. The number of carbonyl (C=O) groups excluding carboxylic acids is 1. The van der Waals surface area contributed by atoms with E-state index in [1.54, 1.807) is 13.8 Å². The van der Waals surface area contributed by atoms with E-state index < -0.39 is 34.6 Å². The molecule has 4 rings (SSSR count). The number of benzene rings is 1. The van der Waals surface area contributed by atoms with Crippen LogP contribution in [-0.2, 0) is 16.9 Å². The molecular weight excluding hydrogens is 503 g/mol. The van der Waals surface area contributed by atoms with Gasteiger partial charge in [-0.15, -0.1) is 4.80 Å². The topological polar surface area (TPSA) is 133 Å². The fraction of sp³-hybridized carbons (Fsp3) is 0.375. The van der Waals surface area contributed by atoms with E-state index in [2.05, 4.69) is 15.5 Å². The van der Waals surface area contributed by atoms with Gasteiger partial charge < -0.3 is 15.2 Å². The van der Waals surface area contributed by atoms with E-state index >= 15 is 0 Å². The summed E-state index contributed by atoms with van der Waals surface area (Å²) in [4.78, 5) is 42.1. The van der Waals surface area contributed by atoms with Crippen LogP contribution in [0.1, 0.15) is 38.0 Å². The number of aliphatic hydroxyl groups is 1. The van der Waals surface area contributed by atoms with Gasteiger partial charge in [-0.3, -0.25) is 14.2 Å². The third-order valence-electron chi connectivity index (χ3n) is 6.15. The number of carbonyl (C=O) groups is 1. The van der Waals surface area contributed by atoms with E-state index in [4.69, 9.17) is 4.74 Å². The second-order valence-corrected chi connectivity index (χ2v) is 9.86. The number of hydrogen-bond acceptors (Lipinski definition) is 8. The molecule has 11 nitrogen and oxygen atoms in total. The number of likely N-dealkylation sites (N-methyl/N-ethyl adjacent to an activating group) is 1.